The molecule has 0 bridgehead atoms. The Morgan fingerprint density at radius 3 is 2.59 bits per heavy atom. The third-order valence-electron chi connectivity index (χ3n) is 4.63. The highest BCUT2D eigenvalue weighted by molar-refractivity contribution is 5.97. The van der Waals surface area contributed by atoms with E-state index in [9.17, 15) is 9.18 Å². The quantitative estimate of drug-likeness (QED) is 0.423. The van der Waals surface area contributed by atoms with Crippen LogP contribution in [0.1, 0.15) is 10.4 Å². The van der Waals surface area contributed by atoms with Crippen molar-refractivity contribution in [2.75, 3.05) is 27.4 Å². The summed E-state index contributed by atoms with van der Waals surface area (Å²) in [5.41, 5.74) is 1.55. The highest BCUT2D eigenvalue weighted by Crippen LogP contribution is 2.24. The molecule has 4 aromatic rings. The average Bonchev–Trinajstić information content (AvgIpc) is 3.25. The van der Waals surface area contributed by atoms with E-state index in [4.69, 9.17) is 14.2 Å². The first-order valence-corrected chi connectivity index (χ1v) is 9.70. The molecule has 2 aromatic heterocycles. The molecule has 0 fully saturated rings. The Balaban J connectivity index is 1.40. The van der Waals surface area contributed by atoms with Gasteiger partial charge in [0, 0.05) is 11.6 Å². The number of ether oxygens (including phenoxy) is 3. The summed E-state index contributed by atoms with van der Waals surface area (Å²) in [6.07, 6.45) is 0. The van der Waals surface area contributed by atoms with Gasteiger partial charge < -0.3 is 19.5 Å². The number of carbonyl (C=O) groups excluding carboxylic acids is 1. The lowest BCUT2D eigenvalue weighted by Crippen LogP contribution is -2.28. The molecule has 164 valence electrons. The molecule has 32 heavy (non-hydrogen) atoms. The summed E-state index contributed by atoms with van der Waals surface area (Å²) in [4.78, 5) is 12.5. The third-order valence-corrected chi connectivity index (χ3v) is 4.63. The van der Waals surface area contributed by atoms with E-state index in [1.165, 1.54) is 30.9 Å². The van der Waals surface area contributed by atoms with Crippen molar-refractivity contribution in [3.63, 3.8) is 0 Å². The molecule has 4 rings (SSSR count). The van der Waals surface area contributed by atoms with Crippen LogP contribution >= 0.6 is 0 Å². The Morgan fingerprint density at radius 1 is 1.03 bits per heavy atom. The number of carbonyl (C=O) groups is 1. The molecule has 0 atom stereocenters. The van der Waals surface area contributed by atoms with Crippen molar-refractivity contribution in [3.8, 4) is 28.8 Å². The Bertz CT molecular complexity index is 1240. The summed E-state index contributed by atoms with van der Waals surface area (Å²) in [6, 6.07) is 14.2. The van der Waals surface area contributed by atoms with Crippen LogP contribution in [0.25, 0.3) is 17.0 Å². The minimum atomic E-state index is -0.340. The van der Waals surface area contributed by atoms with Crippen LogP contribution in [0.5, 0.6) is 17.4 Å². The standard InChI is InChI=1S/C22H20FN5O4/c1-30-16-7-8-18(31-2)17(13-16)22(29)24-11-12-32-20-10-9-19-25-26-21(28(19)27-20)14-3-5-15(23)6-4-14/h3-10,13H,11-12H2,1-2H3,(H,24,29). The summed E-state index contributed by atoms with van der Waals surface area (Å²) in [7, 11) is 3.02. The normalized spacial score (nSPS) is 10.7. The van der Waals surface area contributed by atoms with Gasteiger partial charge in [0.2, 0.25) is 5.88 Å². The van der Waals surface area contributed by atoms with Gasteiger partial charge in [-0.1, -0.05) is 0 Å². The molecule has 0 saturated heterocycles. The van der Waals surface area contributed by atoms with Crippen molar-refractivity contribution < 1.29 is 23.4 Å². The van der Waals surface area contributed by atoms with Crippen molar-refractivity contribution in [1.29, 1.82) is 0 Å². The highest BCUT2D eigenvalue weighted by atomic mass is 19.1. The second-order valence-electron chi connectivity index (χ2n) is 6.64. The fourth-order valence-corrected chi connectivity index (χ4v) is 3.03. The number of nitrogens with one attached hydrogen (secondary N) is 1. The van der Waals surface area contributed by atoms with Gasteiger partial charge in [0.15, 0.2) is 11.5 Å². The van der Waals surface area contributed by atoms with Gasteiger partial charge in [-0.25, -0.2) is 4.39 Å². The lowest BCUT2D eigenvalue weighted by Gasteiger charge is -2.11. The van der Waals surface area contributed by atoms with E-state index in [2.05, 4.69) is 20.6 Å². The van der Waals surface area contributed by atoms with Gasteiger partial charge in [-0.3, -0.25) is 4.79 Å². The SMILES string of the molecule is COc1ccc(OC)c(C(=O)NCCOc2ccc3nnc(-c4ccc(F)cc4)n3n2)c1. The van der Waals surface area contributed by atoms with Gasteiger partial charge in [-0.2, -0.15) is 4.52 Å². The highest BCUT2D eigenvalue weighted by Gasteiger charge is 2.14. The molecule has 2 aromatic carbocycles. The van der Waals surface area contributed by atoms with Crippen LogP contribution in [0.4, 0.5) is 4.39 Å². The van der Waals surface area contributed by atoms with Gasteiger partial charge in [-0.15, -0.1) is 15.3 Å². The number of hydrogen-bond donors (Lipinski definition) is 1. The van der Waals surface area contributed by atoms with Gasteiger partial charge in [-0.05, 0) is 48.5 Å². The van der Waals surface area contributed by atoms with Gasteiger partial charge in [0.1, 0.15) is 23.9 Å². The Kier molecular flexibility index (Phi) is 6.11. The fraction of sp³-hybridized carbons (Fsp3) is 0.182. The molecule has 1 N–H and O–H groups in total. The van der Waals surface area contributed by atoms with Crippen LogP contribution in [0, 0.1) is 5.82 Å². The van der Waals surface area contributed by atoms with Gasteiger partial charge in [0.05, 0.1) is 26.3 Å². The molecule has 0 radical (unpaired) electrons. The van der Waals surface area contributed by atoms with Crippen LogP contribution in [-0.2, 0) is 0 Å². The van der Waals surface area contributed by atoms with E-state index < -0.39 is 0 Å². The van der Waals surface area contributed by atoms with E-state index in [1.54, 1.807) is 42.5 Å². The van der Waals surface area contributed by atoms with E-state index in [0.717, 1.165) is 0 Å². The van der Waals surface area contributed by atoms with Gasteiger partial charge in [0.25, 0.3) is 5.91 Å². The number of halogens is 1. The smallest absolute Gasteiger partial charge is 0.255 e. The van der Waals surface area contributed by atoms with Crippen molar-refractivity contribution in [3.05, 3.63) is 66.0 Å². The second-order valence-corrected chi connectivity index (χ2v) is 6.64. The van der Waals surface area contributed by atoms with E-state index in [-0.39, 0.29) is 24.9 Å². The largest absolute Gasteiger partial charge is 0.497 e. The molecule has 0 aliphatic rings. The van der Waals surface area contributed by atoms with E-state index in [1.807, 2.05) is 0 Å². The molecule has 0 saturated carbocycles. The average molecular weight is 437 g/mol. The first kappa shape index (κ1) is 21.0. The molecular formula is C22H20FN5O4. The zero-order chi connectivity index (χ0) is 22.5. The molecule has 1 amide bonds. The Hall–Kier alpha value is -4.21. The number of hydrogen-bond acceptors (Lipinski definition) is 7. The monoisotopic (exact) mass is 437 g/mol. The number of methoxy groups -OCH3 is 2. The number of nitrogens with zero attached hydrogens (tertiary/aromatic N) is 4. The molecule has 0 spiro atoms. The van der Waals surface area contributed by atoms with Gasteiger partial charge >= 0.3 is 0 Å². The number of aromatic nitrogens is 4. The minimum absolute atomic E-state index is 0.185. The lowest BCUT2D eigenvalue weighted by molar-refractivity contribution is 0.0943. The van der Waals surface area contributed by atoms with E-state index >= 15 is 0 Å². The topological polar surface area (TPSA) is 99.9 Å². The molecule has 0 aliphatic carbocycles. The maximum Gasteiger partial charge on any atom is 0.255 e. The number of rotatable bonds is 8. The molecule has 2 heterocycles. The van der Waals surface area contributed by atoms with Crippen molar-refractivity contribution >= 4 is 11.6 Å². The molecule has 0 unspecified atom stereocenters. The fourth-order valence-electron chi connectivity index (χ4n) is 3.03. The molecule has 10 heteroatoms. The lowest BCUT2D eigenvalue weighted by atomic mass is 10.1. The first-order chi connectivity index (χ1) is 15.6. The maximum absolute atomic E-state index is 13.2. The molecule has 0 aliphatic heterocycles. The molecule has 9 nitrogen and oxygen atoms in total. The summed E-state index contributed by atoms with van der Waals surface area (Å²) < 4.78 is 30.8. The zero-order valence-electron chi connectivity index (χ0n) is 17.4. The minimum Gasteiger partial charge on any atom is -0.497 e. The number of fused-ring (bicyclic) bond motifs is 1. The predicted octanol–water partition coefficient (Wildman–Crippen LogP) is 2.76. The zero-order valence-corrected chi connectivity index (χ0v) is 17.4. The van der Waals surface area contributed by atoms with Crippen molar-refractivity contribution in [2.24, 2.45) is 0 Å². The predicted molar refractivity (Wildman–Crippen MR) is 114 cm³/mol. The second kappa shape index (κ2) is 9.29. The summed E-state index contributed by atoms with van der Waals surface area (Å²) in [5.74, 6) is 1.13. The number of benzene rings is 2. The Morgan fingerprint density at radius 2 is 1.84 bits per heavy atom. The first-order valence-electron chi connectivity index (χ1n) is 9.70. The maximum atomic E-state index is 13.2. The van der Waals surface area contributed by atoms with Crippen LogP contribution in [0.2, 0.25) is 0 Å². The molecular weight excluding hydrogens is 417 g/mol. The third kappa shape index (κ3) is 4.43. The number of amides is 1. The Labute approximate surface area is 182 Å². The summed E-state index contributed by atoms with van der Waals surface area (Å²) in [6.45, 7) is 0.427. The van der Waals surface area contributed by atoms with E-state index in [0.29, 0.717) is 40.0 Å². The summed E-state index contributed by atoms with van der Waals surface area (Å²) >= 11 is 0. The van der Waals surface area contributed by atoms with Crippen LogP contribution in [0.15, 0.2) is 54.6 Å². The van der Waals surface area contributed by atoms with Crippen LogP contribution < -0.4 is 19.5 Å². The van der Waals surface area contributed by atoms with Crippen LogP contribution in [-0.4, -0.2) is 53.1 Å². The summed E-state index contributed by atoms with van der Waals surface area (Å²) in [5, 5.41) is 15.3. The van der Waals surface area contributed by atoms with Crippen molar-refractivity contribution in [1.82, 2.24) is 25.1 Å². The van der Waals surface area contributed by atoms with Crippen LogP contribution in [0.3, 0.4) is 0 Å². The van der Waals surface area contributed by atoms with Crippen molar-refractivity contribution in [2.45, 2.75) is 0 Å².